The third kappa shape index (κ3) is 275. The second-order valence-corrected chi connectivity index (χ2v) is 4.35. The van der Waals surface area contributed by atoms with Gasteiger partial charge in [-0.1, -0.05) is 0 Å². The van der Waals surface area contributed by atoms with Crippen molar-refractivity contribution < 1.29 is 263 Å². The molecule has 0 aliphatic carbocycles. The van der Waals surface area contributed by atoms with Crippen LogP contribution in [0, 0.1) is 0 Å². The Bertz CT molecular complexity index is 211. The van der Waals surface area contributed by atoms with Crippen molar-refractivity contribution in [2.75, 3.05) is 0 Å². The van der Waals surface area contributed by atoms with Gasteiger partial charge >= 0.3 is 206 Å². The van der Waals surface area contributed by atoms with Gasteiger partial charge in [-0.3, -0.25) is 9.13 Å². The first-order valence-electron chi connectivity index (χ1n) is 2.28. The van der Waals surface area contributed by atoms with Gasteiger partial charge in [0, 0.05) is 0 Å². The zero-order chi connectivity index (χ0) is 13.5. The molecule has 0 aromatic carbocycles. The summed E-state index contributed by atoms with van der Waals surface area (Å²) in [5.41, 5.74) is 0. The Kier molecular flexibility index (Phi) is 54.2. The predicted molar refractivity (Wildman–Crippen MR) is 33.9 cm³/mol. The average molecular weight is 446 g/mol. The van der Waals surface area contributed by atoms with Crippen LogP contribution >= 0.6 is 23.5 Å². The van der Waals surface area contributed by atoms with Gasteiger partial charge in [0.25, 0.3) is 15.6 Å². The van der Waals surface area contributed by atoms with Crippen LogP contribution in [0.1, 0.15) is 0 Å². The van der Waals surface area contributed by atoms with E-state index >= 15 is 0 Å². The van der Waals surface area contributed by atoms with E-state index in [9.17, 15) is 0 Å². The summed E-state index contributed by atoms with van der Waals surface area (Å²) in [7, 11) is -14.9. The zero-order valence-corrected chi connectivity index (χ0v) is 25.6. The molecule has 0 spiro atoms. The molecule has 0 saturated heterocycles. The fourth-order valence-corrected chi connectivity index (χ4v) is 0. The summed E-state index contributed by atoms with van der Waals surface area (Å²) in [6.07, 6.45) is 0. The number of phosphoric acid groups is 3. The molecule has 0 bridgehead atoms. The molecule has 0 atom stereocenters. The monoisotopic (exact) mass is 446 g/mol. The molecule has 19 heavy (non-hydrogen) atoms. The van der Waals surface area contributed by atoms with Crippen LogP contribution in [0.2, 0.25) is 0 Å². The summed E-state index contributed by atoms with van der Waals surface area (Å²) in [5.74, 6) is 0. The average Bonchev–Trinajstić information content (AvgIpc) is 1.41. The molecule has 0 amide bonds. The molecule has 19 heteroatoms. The predicted octanol–water partition coefficient (Wildman–Crippen LogP) is -17.3. The van der Waals surface area contributed by atoms with Crippen molar-refractivity contribution in [3.8, 4) is 0 Å². The van der Waals surface area contributed by atoms with Crippen molar-refractivity contribution in [3.63, 3.8) is 0 Å². The summed E-state index contributed by atoms with van der Waals surface area (Å²) in [4.78, 5) is 70.1. The molecule has 0 rings (SSSR count). The molecular weight excluding hydrogens is 441 g/mol. The quantitative estimate of drug-likeness (QED) is 0.172. The van der Waals surface area contributed by atoms with E-state index in [1.54, 1.807) is 0 Å². The summed E-state index contributed by atoms with van der Waals surface area (Å²) >= 11 is 0. The topological polar surface area (TPSA) is 245 Å². The molecule has 0 radical (unpaired) electrons. The molecule has 0 unspecified atom stereocenters. The SMILES string of the molecule is O=P([O-])(O)O.O=P([O-])(O)O.O=P([O-])([O-])O.[K+].[K+].[K+].[K+]. The van der Waals surface area contributed by atoms with Crippen molar-refractivity contribution in [3.05, 3.63) is 0 Å². The van der Waals surface area contributed by atoms with Crippen molar-refractivity contribution in [1.29, 1.82) is 0 Å². The third-order valence-corrected chi connectivity index (χ3v) is 0. The standard InChI is InChI=1S/4K.3H3O4P/c;;;;3*1-5(2,3)4/h;;;;3*(H3,1,2,3,4)/q4*+1;;;/p-4. The molecule has 0 aliphatic rings. The third-order valence-electron chi connectivity index (χ3n) is 0. The Morgan fingerprint density at radius 3 is 0.526 bits per heavy atom. The Balaban J connectivity index is -0.0000000206. The second kappa shape index (κ2) is 22.9. The minimum atomic E-state index is -5.14. The van der Waals surface area contributed by atoms with Gasteiger partial charge in [-0.2, -0.15) is 0 Å². The summed E-state index contributed by atoms with van der Waals surface area (Å²) in [6.45, 7) is 0. The van der Waals surface area contributed by atoms with Crippen LogP contribution in [-0.4, -0.2) is 24.5 Å². The Labute approximate surface area is 278 Å². The fourth-order valence-electron chi connectivity index (χ4n) is 0. The summed E-state index contributed by atoms with van der Waals surface area (Å²) < 4.78 is 26.2. The zero-order valence-electron chi connectivity index (χ0n) is 10.4. The van der Waals surface area contributed by atoms with Gasteiger partial charge in [-0.05, 0) is 0 Å². The fraction of sp³-hybridized carbons (Fsp3) is 0. The normalized spacial score (nSPS) is 9.32. The maximum atomic E-state index is 8.77. The van der Waals surface area contributed by atoms with E-state index in [2.05, 4.69) is 0 Å². The summed E-state index contributed by atoms with van der Waals surface area (Å²) in [6, 6.07) is 0. The van der Waals surface area contributed by atoms with Crippen molar-refractivity contribution in [2.24, 2.45) is 0 Å². The van der Waals surface area contributed by atoms with Gasteiger partial charge in [0.2, 0.25) is 0 Å². The van der Waals surface area contributed by atoms with E-state index in [1.165, 1.54) is 0 Å². The molecule has 0 aromatic heterocycles. The van der Waals surface area contributed by atoms with Gasteiger partial charge in [-0.25, -0.2) is 0 Å². The largest absolute Gasteiger partial charge is 1.00 e. The van der Waals surface area contributed by atoms with Crippen molar-refractivity contribution in [1.82, 2.24) is 0 Å². The Morgan fingerprint density at radius 2 is 0.526 bits per heavy atom. The van der Waals surface area contributed by atoms with Crippen LogP contribution in [0.15, 0.2) is 0 Å². The van der Waals surface area contributed by atoms with Crippen LogP contribution in [0.4, 0.5) is 0 Å². The van der Waals surface area contributed by atoms with Gasteiger partial charge < -0.3 is 48.6 Å². The summed E-state index contributed by atoms with van der Waals surface area (Å²) in [5, 5.41) is 0. The van der Waals surface area contributed by atoms with Crippen LogP contribution in [0.3, 0.4) is 0 Å². The molecular formula is H5K4O12P3. The minimum absolute atomic E-state index is 0. The first-order chi connectivity index (χ1) is 6.00. The molecule has 0 saturated carbocycles. The Morgan fingerprint density at radius 1 is 0.526 bits per heavy atom. The van der Waals surface area contributed by atoms with Crippen LogP contribution in [0.5, 0.6) is 0 Å². The van der Waals surface area contributed by atoms with Gasteiger partial charge in [0.15, 0.2) is 0 Å². The number of hydrogen-bond donors (Lipinski definition) is 5. The smallest absolute Gasteiger partial charge is 0.790 e. The number of hydrogen-bond acceptors (Lipinski definition) is 7. The second-order valence-electron chi connectivity index (χ2n) is 1.45. The molecule has 0 aliphatic heterocycles. The molecule has 5 N–H and O–H groups in total. The maximum Gasteiger partial charge on any atom is 1.00 e. The van der Waals surface area contributed by atoms with Gasteiger partial charge in [-0.15, -0.1) is 0 Å². The van der Waals surface area contributed by atoms with Crippen LogP contribution in [0.25, 0.3) is 0 Å². The van der Waals surface area contributed by atoms with Crippen LogP contribution < -0.4 is 225 Å². The Hall–Kier alpha value is 6.88. The van der Waals surface area contributed by atoms with E-state index in [-0.39, 0.29) is 206 Å². The molecule has 0 heterocycles. The van der Waals surface area contributed by atoms with Crippen LogP contribution in [-0.2, 0) is 13.7 Å². The van der Waals surface area contributed by atoms with E-state index in [4.69, 9.17) is 57.7 Å². The van der Waals surface area contributed by atoms with Crippen molar-refractivity contribution >= 4 is 23.5 Å². The van der Waals surface area contributed by atoms with E-state index in [1.807, 2.05) is 0 Å². The van der Waals surface area contributed by atoms with Gasteiger partial charge in [0.1, 0.15) is 0 Å². The van der Waals surface area contributed by atoms with Gasteiger partial charge in [0.05, 0.1) is 7.82 Å². The minimum Gasteiger partial charge on any atom is -0.790 e. The van der Waals surface area contributed by atoms with E-state index in [0.717, 1.165) is 0 Å². The maximum absolute atomic E-state index is 8.77. The van der Waals surface area contributed by atoms with E-state index in [0.29, 0.717) is 0 Å². The molecule has 96 valence electrons. The van der Waals surface area contributed by atoms with E-state index < -0.39 is 23.5 Å². The number of rotatable bonds is 0. The van der Waals surface area contributed by atoms with Crippen molar-refractivity contribution in [2.45, 2.75) is 0 Å². The molecule has 0 aromatic rings. The molecule has 0 fully saturated rings. The molecule has 12 nitrogen and oxygen atoms in total. The first-order valence-corrected chi connectivity index (χ1v) is 6.83. The first kappa shape index (κ1) is 44.9.